The predicted octanol–water partition coefficient (Wildman–Crippen LogP) is 2.67. The van der Waals surface area contributed by atoms with Crippen LogP contribution in [-0.2, 0) is 10.3 Å². The second-order valence-electron chi connectivity index (χ2n) is 6.09. The van der Waals surface area contributed by atoms with Gasteiger partial charge in [-0.25, -0.2) is 4.39 Å². The van der Waals surface area contributed by atoms with E-state index in [9.17, 15) is 14.0 Å². The molecule has 4 nitrogen and oxygen atoms in total. The zero-order chi connectivity index (χ0) is 17.2. The van der Waals surface area contributed by atoms with Gasteiger partial charge in [-0.15, -0.1) is 0 Å². The fourth-order valence-corrected chi connectivity index (χ4v) is 3.11. The monoisotopic (exact) mass is 326 g/mol. The van der Waals surface area contributed by atoms with Gasteiger partial charge in [0.1, 0.15) is 5.82 Å². The quantitative estimate of drug-likeness (QED) is 0.907. The van der Waals surface area contributed by atoms with Gasteiger partial charge in [-0.2, -0.15) is 0 Å². The van der Waals surface area contributed by atoms with Crippen LogP contribution in [-0.4, -0.2) is 18.4 Å². The zero-order valence-corrected chi connectivity index (χ0v) is 13.4. The number of nitrogens with one attached hydrogen (secondary N) is 2. The van der Waals surface area contributed by atoms with Gasteiger partial charge < -0.3 is 10.6 Å². The van der Waals surface area contributed by atoms with Crippen LogP contribution in [0.25, 0.3) is 0 Å². The number of benzene rings is 2. The Hall–Kier alpha value is -2.69. The molecule has 2 amide bonds. The number of rotatable bonds is 4. The summed E-state index contributed by atoms with van der Waals surface area (Å²) in [5.41, 5.74) is 0.962. The largest absolute Gasteiger partial charge is 0.349 e. The van der Waals surface area contributed by atoms with Gasteiger partial charge in [0.05, 0.1) is 5.54 Å². The van der Waals surface area contributed by atoms with Crippen molar-refractivity contribution in [2.45, 2.75) is 25.3 Å². The molecule has 1 heterocycles. The van der Waals surface area contributed by atoms with Crippen LogP contribution in [0.1, 0.15) is 34.3 Å². The van der Waals surface area contributed by atoms with Crippen molar-refractivity contribution in [2.75, 3.05) is 6.54 Å². The molecule has 0 aromatic heterocycles. The van der Waals surface area contributed by atoms with E-state index < -0.39 is 11.4 Å². The molecular formula is C19H19FN2O2. The van der Waals surface area contributed by atoms with Crippen molar-refractivity contribution in [3.8, 4) is 0 Å². The number of hydrogen-bond acceptors (Lipinski definition) is 2. The van der Waals surface area contributed by atoms with Crippen LogP contribution >= 0.6 is 0 Å². The standard InChI is InChI=1S/C19H19FN2O2/c1-13-15(8-5-9-16(13)20)18(24)21-12-19(11-10-17(23)22-19)14-6-3-2-4-7-14/h2-9H,10-12H2,1H3,(H,21,24)(H,22,23). The first-order valence-corrected chi connectivity index (χ1v) is 7.92. The van der Waals surface area contributed by atoms with E-state index in [1.54, 1.807) is 13.0 Å². The van der Waals surface area contributed by atoms with Crippen LogP contribution in [0.2, 0.25) is 0 Å². The Bertz CT molecular complexity index is 776. The molecule has 0 spiro atoms. The van der Waals surface area contributed by atoms with Gasteiger partial charge in [-0.3, -0.25) is 9.59 Å². The maximum absolute atomic E-state index is 13.6. The third kappa shape index (κ3) is 3.02. The van der Waals surface area contributed by atoms with Crippen LogP contribution in [0.4, 0.5) is 4.39 Å². The molecule has 1 aliphatic rings. The van der Waals surface area contributed by atoms with E-state index in [2.05, 4.69) is 10.6 Å². The van der Waals surface area contributed by atoms with Gasteiger partial charge in [0.25, 0.3) is 5.91 Å². The molecule has 2 N–H and O–H groups in total. The molecule has 1 aliphatic heterocycles. The predicted molar refractivity (Wildman–Crippen MR) is 89.0 cm³/mol. The molecule has 0 aliphatic carbocycles. The van der Waals surface area contributed by atoms with E-state index >= 15 is 0 Å². The van der Waals surface area contributed by atoms with Gasteiger partial charge in [-0.1, -0.05) is 36.4 Å². The minimum atomic E-state index is -0.616. The molecule has 0 radical (unpaired) electrons. The summed E-state index contributed by atoms with van der Waals surface area (Å²) < 4.78 is 13.6. The smallest absolute Gasteiger partial charge is 0.251 e. The van der Waals surface area contributed by atoms with Crippen molar-refractivity contribution in [1.82, 2.24) is 10.6 Å². The molecule has 2 aromatic rings. The highest BCUT2D eigenvalue weighted by Gasteiger charge is 2.39. The Morgan fingerprint density at radius 1 is 1.21 bits per heavy atom. The lowest BCUT2D eigenvalue weighted by molar-refractivity contribution is -0.119. The molecule has 0 saturated carbocycles. The number of halogens is 1. The van der Waals surface area contributed by atoms with Crippen molar-refractivity contribution < 1.29 is 14.0 Å². The molecule has 124 valence electrons. The topological polar surface area (TPSA) is 58.2 Å². The lowest BCUT2D eigenvalue weighted by Crippen LogP contribution is -2.48. The Morgan fingerprint density at radius 3 is 2.62 bits per heavy atom. The summed E-state index contributed by atoms with van der Waals surface area (Å²) in [7, 11) is 0. The number of carbonyl (C=O) groups is 2. The number of carbonyl (C=O) groups excluding carboxylic acids is 2. The van der Waals surface area contributed by atoms with Gasteiger partial charge in [-0.05, 0) is 36.6 Å². The highest BCUT2D eigenvalue weighted by atomic mass is 19.1. The molecule has 5 heteroatoms. The van der Waals surface area contributed by atoms with Crippen molar-refractivity contribution in [3.05, 3.63) is 71.0 Å². The van der Waals surface area contributed by atoms with E-state index in [4.69, 9.17) is 0 Å². The van der Waals surface area contributed by atoms with Crippen LogP contribution < -0.4 is 10.6 Å². The number of amides is 2. The minimum absolute atomic E-state index is 0.0324. The Morgan fingerprint density at radius 2 is 1.96 bits per heavy atom. The maximum atomic E-state index is 13.6. The highest BCUT2D eigenvalue weighted by Crippen LogP contribution is 2.31. The fraction of sp³-hybridized carbons (Fsp3) is 0.263. The Balaban J connectivity index is 1.81. The minimum Gasteiger partial charge on any atom is -0.349 e. The van der Waals surface area contributed by atoms with Crippen LogP contribution in [0.5, 0.6) is 0 Å². The second kappa shape index (κ2) is 6.43. The van der Waals surface area contributed by atoms with Crippen molar-refractivity contribution in [3.63, 3.8) is 0 Å². The van der Waals surface area contributed by atoms with Gasteiger partial charge in [0.15, 0.2) is 0 Å². The molecule has 24 heavy (non-hydrogen) atoms. The Kier molecular flexibility index (Phi) is 4.34. The molecule has 1 fully saturated rings. The van der Waals surface area contributed by atoms with Crippen LogP contribution in [0, 0.1) is 12.7 Å². The zero-order valence-electron chi connectivity index (χ0n) is 13.4. The average Bonchev–Trinajstić information content (AvgIpc) is 2.98. The Labute approximate surface area is 140 Å². The second-order valence-corrected chi connectivity index (χ2v) is 6.09. The first kappa shape index (κ1) is 16.2. The van der Waals surface area contributed by atoms with Crippen LogP contribution in [0.15, 0.2) is 48.5 Å². The third-order valence-corrected chi connectivity index (χ3v) is 4.55. The fourth-order valence-electron chi connectivity index (χ4n) is 3.11. The summed E-state index contributed by atoms with van der Waals surface area (Å²) in [6.07, 6.45) is 1.03. The molecule has 2 aromatic carbocycles. The van der Waals surface area contributed by atoms with Crippen LogP contribution in [0.3, 0.4) is 0 Å². The first-order valence-electron chi connectivity index (χ1n) is 7.92. The number of hydrogen-bond donors (Lipinski definition) is 2. The lowest BCUT2D eigenvalue weighted by atomic mass is 9.88. The van der Waals surface area contributed by atoms with E-state index in [0.29, 0.717) is 24.0 Å². The normalized spacial score (nSPS) is 19.8. The van der Waals surface area contributed by atoms with E-state index in [-0.39, 0.29) is 18.4 Å². The first-order chi connectivity index (χ1) is 11.5. The maximum Gasteiger partial charge on any atom is 0.251 e. The van der Waals surface area contributed by atoms with Gasteiger partial charge >= 0.3 is 0 Å². The summed E-state index contributed by atoms with van der Waals surface area (Å²) in [4.78, 5) is 24.2. The van der Waals surface area contributed by atoms with Gasteiger partial charge in [0.2, 0.25) is 5.91 Å². The summed E-state index contributed by atoms with van der Waals surface area (Å²) in [5, 5.41) is 5.84. The van der Waals surface area contributed by atoms with Crippen molar-refractivity contribution >= 4 is 11.8 Å². The van der Waals surface area contributed by atoms with Crippen molar-refractivity contribution in [1.29, 1.82) is 0 Å². The molecule has 1 atom stereocenters. The van der Waals surface area contributed by atoms with E-state index in [1.165, 1.54) is 12.1 Å². The molecule has 3 rings (SSSR count). The molecule has 1 saturated heterocycles. The molecule has 0 bridgehead atoms. The average molecular weight is 326 g/mol. The van der Waals surface area contributed by atoms with E-state index in [1.807, 2.05) is 30.3 Å². The summed E-state index contributed by atoms with van der Waals surface area (Å²) in [6, 6.07) is 14.0. The third-order valence-electron chi connectivity index (χ3n) is 4.55. The highest BCUT2D eigenvalue weighted by molar-refractivity contribution is 5.95. The summed E-state index contributed by atoms with van der Waals surface area (Å²) in [6.45, 7) is 1.84. The lowest BCUT2D eigenvalue weighted by Gasteiger charge is -2.30. The molecule has 1 unspecified atom stereocenters. The summed E-state index contributed by atoms with van der Waals surface area (Å²) >= 11 is 0. The SMILES string of the molecule is Cc1c(F)cccc1C(=O)NCC1(c2ccccc2)CCC(=O)N1. The summed E-state index contributed by atoms with van der Waals surface area (Å²) in [5.74, 6) is -0.784. The van der Waals surface area contributed by atoms with E-state index in [0.717, 1.165) is 5.56 Å². The van der Waals surface area contributed by atoms with Crippen molar-refractivity contribution in [2.24, 2.45) is 0 Å². The van der Waals surface area contributed by atoms with Gasteiger partial charge in [0, 0.05) is 18.5 Å². The molecular weight excluding hydrogens is 307 g/mol.